The predicted octanol–water partition coefficient (Wildman–Crippen LogP) is 3.57. The van der Waals surface area contributed by atoms with E-state index in [4.69, 9.17) is 14.2 Å². The average molecular weight is 379 g/mol. The second-order valence-electron chi connectivity index (χ2n) is 5.75. The van der Waals surface area contributed by atoms with Crippen molar-refractivity contribution < 1.29 is 19.0 Å². The van der Waals surface area contributed by atoms with Gasteiger partial charge in [0.05, 0.1) is 19.4 Å². The van der Waals surface area contributed by atoms with Crippen LogP contribution in [0.4, 0.5) is 5.69 Å². The molecule has 0 atom stereocenters. The summed E-state index contributed by atoms with van der Waals surface area (Å²) in [4.78, 5) is 12.1. The number of anilines is 1. The molecule has 0 aliphatic heterocycles. The molecular formula is C21H21N3O4. The number of nitrogens with one attached hydrogen (secondary N) is 1. The van der Waals surface area contributed by atoms with Crippen molar-refractivity contribution in [3.8, 4) is 28.6 Å². The van der Waals surface area contributed by atoms with E-state index >= 15 is 0 Å². The molecule has 3 aromatic rings. The second kappa shape index (κ2) is 9.36. The van der Waals surface area contributed by atoms with Gasteiger partial charge < -0.3 is 19.5 Å². The van der Waals surface area contributed by atoms with Crippen LogP contribution in [-0.2, 0) is 4.79 Å². The molecule has 7 nitrogen and oxygen atoms in total. The highest BCUT2D eigenvalue weighted by atomic mass is 16.5. The van der Waals surface area contributed by atoms with Gasteiger partial charge in [-0.1, -0.05) is 24.3 Å². The highest BCUT2D eigenvalue weighted by Gasteiger charge is 2.08. The van der Waals surface area contributed by atoms with E-state index in [1.165, 1.54) is 0 Å². The van der Waals surface area contributed by atoms with Gasteiger partial charge >= 0.3 is 0 Å². The molecular weight excluding hydrogens is 358 g/mol. The summed E-state index contributed by atoms with van der Waals surface area (Å²) in [7, 11) is 1.55. The Morgan fingerprint density at radius 3 is 2.32 bits per heavy atom. The van der Waals surface area contributed by atoms with E-state index < -0.39 is 0 Å². The number of amides is 1. The van der Waals surface area contributed by atoms with Crippen molar-refractivity contribution in [2.24, 2.45) is 0 Å². The summed E-state index contributed by atoms with van der Waals surface area (Å²) in [5.41, 5.74) is 2.27. The van der Waals surface area contributed by atoms with E-state index in [0.29, 0.717) is 29.7 Å². The van der Waals surface area contributed by atoms with Gasteiger partial charge in [-0.3, -0.25) is 4.79 Å². The molecule has 3 rings (SSSR count). The van der Waals surface area contributed by atoms with E-state index in [9.17, 15) is 4.79 Å². The molecule has 0 fully saturated rings. The zero-order valence-electron chi connectivity index (χ0n) is 15.7. The SMILES string of the molecule is CCOc1ccc(-c2ccc(NC(=O)COc3ccccc3OC)cc2)nn1. The summed E-state index contributed by atoms with van der Waals surface area (Å²) in [6, 6.07) is 18.1. The molecule has 0 saturated carbocycles. The van der Waals surface area contributed by atoms with Crippen LogP contribution in [0, 0.1) is 0 Å². The largest absolute Gasteiger partial charge is 0.493 e. The van der Waals surface area contributed by atoms with Gasteiger partial charge in [-0.15, -0.1) is 10.2 Å². The number of carbonyl (C=O) groups is 1. The standard InChI is InChI=1S/C21H21N3O4/c1-3-27-21-13-12-17(23-24-21)15-8-10-16(11-9-15)22-20(25)14-28-19-7-5-4-6-18(19)26-2/h4-13H,3,14H2,1-2H3,(H,22,25). The van der Waals surface area contributed by atoms with E-state index in [1.807, 2.05) is 37.3 Å². The number of aromatic nitrogens is 2. The topological polar surface area (TPSA) is 82.6 Å². The molecule has 7 heteroatoms. The van der Waals surface area contributed by atoms with Crippen molar-refractivity contribution in [2.45, 2.75) is 6.92 Å². The molecule has 144 valence electrons. The minimum atomic E-state index is -0.264. The third-order valence-corrected chi connectivity index (χ3v) is 3.82. The summed E-state index contributed by atoms with van der Waals surface area (Å²) < 4.78 is 16.0. The lowest BCUT2D eigenvalue weighted by Crippen LogP contribution is -2.20. The quantitative estimate of drug-likeness (QED) is 0.644. The van der Waals surface area contributed by atoms with Crippen LogP contribution in [0.3, 0.4) is 0 Å². The van der Waals surface area contributed by atoms with Crippen molar-refractivity contribution in [1.82, 2.24) is 10.2 Å². The number of hydrogen-bond donors (Lipinski definition) is 1. The number of nitrogens with zero attached hydrogens (tertiary/aromatic N) is 2. The maximum absolute atomic E-state index is 12.1. The van der Waals surface area contributed by atoms with E-state index in [1.54, 1.807) is 37.4 Å². The van der Waals surface area contributed by atoms with Gasteiger partial charge in [0.15, 0.2) is 18.1 Å². The molecule has 0 spiro atoms. The fourth-order valence-corrected chi connectivity index (χ4v) is 2.50. The number of para-hydroxylation sites is 2. The molecule has 0 unspecified atom stereocenters. The molecule has 0 aliphatic rings. The smallest absolute Gasteiger partial charge is 0.262 e. The Morgan fingerprint density at radius 2 is 1.68 bits per heavy atom. The Labute approximate surface area is 163 Å². The fourth-order valence-electron chi connectivity index (χ4n) is 2.50. The molecule has 1 aromatic heterocycles. The second-order valence-corrected chi connectivity index (χ2v) is 5.75. The Kier molecular flexibility index (Phi) is 6.41. The Balaban J connectivity index is 1.57. The van der Waals surface area contributed by atoms with E-state index in [0.717, 1.165) is 11.3 Å². The minimum absolute atomic E-state index is 0.119. The van der Waals surface area contributed by atoms with Gasteiger partial charge in [0.1, 0.15) is 0 Å². The monoisotopic (exact) mass is 379 g/mol. The number of hydrogen-bond acceptors (Lipinski definition) is 6. The van der Waals surface area contributed by atoms with Crippen LogP contribution in [0.1, 0.15) is 6.92 Å². The first kappa shape index (κ1) is 19.2. The number of ether oxygens (including phenoxy) is 3. The summed E-state index contributed by atoms with van der Waals surface area (Å²) in [5.74, 6) is 1.32. The van der Waals surface area contributed by atoms with Gasteiger partial charge in [-0.05, 0) is 37.3 Å². The van der Waals surface area contributed by atoms with Crippen molar-refractivity contribution in [3.63, 3.8) is 0 Å². The molecule has 0 aliphatic carbocycles. The average Bonchev–Trinajstić information content (AvgIpc) is 2.74. The van der Waals surface area contributed by atoms with E-state index in [2.05, 4.69) is 15.5 Å². The highest BCUT2D eigenvalue weighted by molar-refractivity contribution is 5.92. The van der Waals surface area contributed by atoms with Crippen molar-refractivity contribution in [3.05, 3.63) is 60.7 Å². The lowest BCUT2D eigenvalue weighted by Gasteiger charge is -2.10. The Morgan fingerprint density at radius 1 is 0.929 bits per heavy atom. The molecule has 2 aromatic carbocycles. The predicted molar refractivity (Wildman–Crippen MR) is 106 cm³/mol. The third-order valence-electron chi connectivity index (χ3n) is 3.82. The normalized spacial score (nSPS) is 10.2. The summed E-state index contributed by atoms with van der Waals surface area (Å²) in [5, 5.41) is 11.0. The van der Waals surface area contributed by atoms with Crippen molar-refractivity contribution in [2.75, 3.05) is 25.6 Å². The minimum Gasteiger partial charge on any atom is -0.493 e. The van der Waals surface area contributed by atoms with Gasteiger partial charge in [-0.2, -0.15) is 0 Å². The lowest BCUT2D eigenvalue weighted by molar-refractivity contribution is -0.118. The first-order valence-corrected chi connectivity index (χ1v) is 8.82. The number of carbonyl (C=O) groups excluding carboxylic acids is 1. The Hall–Kier alpha value is -3.61. The zero-order chi connectivity index (χ0) is 19.8. The highest BCUT2D eigenvalue weighted by Crippen LogP contribution is 2.25. The molecule has 1 heterocycles. The summed E-state index contributed by atoms with van der Waals surface area (Å²) in [6.45, 7) is 2.32. The Bertz CT molecular complexity index is 912. The molecule has 1 N–H and O–H groups in total. The van der Waals surface area contributed by atoms with Crippen LogP contribution < -0.4 is 19.5 Å². The van der Waals surface area contributed by atoms with Gasteiger partial charge in [0, 0.05) is 17.3 Å². The van der Waals surface area contributed by atoms with Crippen molar-refractivity contribution in [1.29, 1.82) is 0 Å². The van der Waals surface area contributed by atoms with E-state index in [-0.39, 0.29) is 12.5 Å². The summed E-state index contributed by atoms with van der Waals surface area (Å²) in [6.07, 6.45) is 0. The first-order chi connectivity index (χ1) is 13.7. The van der Waals surface area contributed by atoms with Gasteiger partial charge in [-0.25, -0.2) is 0 Å². The number of methoxy groups -OCH3 is 1. The van der Waals surface area contributed by atoms with Gasteiger partial charge in [0.2, 0.25) is 5.88 Å². The molecule has 28 heavy (non-hydrogen) atoms. The van der Waals surface area contributed by atoms with Crippen LogP contribution >= 0.6 is 0 Å². The van der Waals surface area contributed by atoms with Gasteiger partial charge in [0.25, 0.3) is 5.91 Å². The van der Waals surface area contributed by atoms with Crippen LogP contribution in [0.2, 0.25) is 0 Å². The molecule has 0 bridgehead atoms. The summed E-state index contributed by atoms with van der Waals surface area (Å²) >= 11 is 0. The number of benzene rings is 2. The van der Waals surface area contributed by atoms with Crippen LogP contribution in [0.5, 0.6) is 17.4 Å². The van der Waals surface area contributed by atoms with Crippen LogP contribution in [-0.4, -0.2) is 36.4 Å². The third kappa shape index (κ3) is 4.97. The molecule has 0 saturated heterocycles. The maximum Gasteiger partial charge on any atom is 0.262 e. The van der Waals surface area contributed by atoms with Crippen LogP contribution in [0.15, 0.2) is 60.7 Å². The first-order valence-electron chi connectivity index (χ1n) is 8.82. The fraction of sp³-hybridized carbons (Fsp3) is 0.190. The molecule has 1 amide bonds. The van der Waals surface area contributed by atoms with Crippen LogP contribution in [0.25, 0.3) is 11.3 Å². The van der Waals surface area contributed by atoms with Crippen molar-refractivity contribution >= 4 is 11.6 Å². The zero-order valence-corrected chi connectivity index (χ0v) is 15.7. The number of rotatable bonds is 8. The molecule has 0 radical (unpaired) electrons. The maximum atomic E-state index is 12.1. The lowest BCUT2D eigenvalue weighted by atomic mass is 10.1.